The molecule has 6 saturated carbocycles. The highest BCUT2D eigenvalue weighted by atomic mass is 19.3. The van der Waals surface area contributed by atoms with Gasteiger partial charge in [-0.25, -0.2) is 14.4 Å². The van der Waals surface area contributed by atoms with Crippen molar-refractivity contribution in [1.82, 2.24) is 0 Å². The highest BCUT2D eigenvalue weighted by Crippen LogP contribution is 2.54. The Morgan fingerprint density at radius 1 is 0.542 bits per heavy atom. The summed E-state index contributed by atoms with van der Waals surface area (Å²) < 4.78 is 128. The minimum Gasteiger partial charge on any atom is -0.477 e. The molecular weight excluding hydrogens is 955 g/mol. The average Bonchev–Trinajstić information content (AvgIpc) is 3.28. The van der Waals surface area contributed by atoms with Crippen LogP contribution < -0.4 is 0 Å². The molecule has 0 aliphatic heterocycles. The van der Waals surface area contributed by atoms with Gasteiger partial charge < -0.3 is 43.7 Å². The van der Waals surface area contributed by atoms with Gasteiger partial charge in [0.2, 0.25) is 0 Å². The van der Waals surface area contributed by atoms with Crippen molar-refractivity contribution in [2.75, 3.05) is 13.4 Å². The van der Waals surface area contributed by atoms with Crippen molar-refractivity contribution in [2.24, 2.45) is 88.8 Å². The molecule has 0 heterocycles. The van der Waals surface area contributed by atoms with Crippen molar-refractivity contribution in [2.45, 2.75) is 219 Å². The number of hydrogen-bond acceptors (Lipinski definition) is 9. The first-order valence-corrected chi connectivity index (χ1v) is 27.3. The second-order valence-electron chi connectivity index (χ2n) is 24.4. The minimum absolute atomic E-state index is 0.0122. The molecule has 416 valence electrons. The fraction of sp³-hybridized carbons (Fsp3) is 0.944. The van der Waals surface area contributed by atoms with Crippen LogP contribution in [0.15, 0.2) is 0 Å². The van der Waals surface area contributed by atoms with Gasteiger partial charge >= 0.3 is 35.7 Å². The SMILES string of the molecule is CC(C)C(OCOC1C(C)CC2CCCC1C2CC(C)C(OCC(F)(F)C(=O)O)OC1C(C)CC2CCCC1C2CC(C)C(OC1C(C)CC2CCCC1C2)OC(C(C)C)C(F)(F)C(=O)O)C(F)(F)C(=O)O. The Balaban J connectivity index is 1.23. The van der Waals surface area contributed by atoms with Gasteiger partial charge in [-0.1, -0.05) is 101 Å². The van der Waals surface area contributed by atoms with Crippen LogP contribution >= 0.6 is 0 Å². The summed E-state index contributed by atoms with van der Waals surface area (Å²) in [5.74, 6) is -20.9. The van der Waals surface area contributed by atoms with Crippen LogP contribution in [0, 0.1) is 88.8 Å². The van der Waals surface area contributed by atoms with Crippen LogP contribution in [0.4, 0.5) is 26.3 Å². The van der Waals surface area contributed by atoms with Crippen LogP contribution in [0.3, 0.4) is 0 Å². The molecule has 6 aliphatic carbocycles. The first-order chi connectivity index (χ1) is 33.6. The Kier molecular flexibility index (Phi) is 20.0. The monoisotopic (exact) mass is 1040 g/mol. The average molecular weight is 1040 g/mol. The van der Waals surface area contributed by atoms with Crippen LogP contribution in [0.2, 0.25) is 0 Å². The molecule has 20 unspecified atom stereocenters. The molecule has 6 bridgehead atoms. The Bertz CT molecular complexity index is 1790. The summed E-state index contributed by atoms with van der Waals surface area (Å²) in [5, 5.41) is 28.3. The van der Waals surface area contributed by atoms with Crippen LogP contribution in [0.5, 0.6) is 0 Å². The van der Waals surface area contributed by atoms with Gasteiger partial charge in [0.1, 0.15) is 25.6 Å². The molecule has 6 fully saturated rings. The lowest BCUT2D eigenvalue weighted by Gasteiger charge is -2.53. The lowest BCUT2D eigenvalue weighted by Crippen LogP contribution is -2.52. The van der Waals surface area contributed by atoms with E-state index in [0.29, 0.717) is 18.8 Å². The molecule has 0 spiro atoms. The Labute approximate surface area is 423 Å². The number of ether oxygens (including phenoxy) is 6. The third-order valence-corrected chi connectivity index (χ3v) is 18.2. The summed E-state index contributed by atoms with van der Waals surface area (Å²) in [7, 11) is 0. The van der Waals surface area contributed by atoms with Gasteiger partial charge in [-0.15, -0.1) is 0 Å². The second-order valence-corrected chi connectivity index (χ2v) is 24.4. The van der Waals surface area contributed by atoms with E-state index < -0.39 is 110 Å². The maximum Gasteiger partial charge on any atom is 0.377 e. The van der Waals surface area contributed by atoms with Crippen molar-refractivity contribution < 1.29 is 84.5 Å². The maximum atomic E-state index is 15.5. The summed E-state index contributed by atoms with van der Waals surface area (Å²) in [6.45, 7) is 14.0. The summed E-state index contributed by atoms with van der Waals surface area (Å²) in [4.78, 5) is 35.1. The van der Waals surface area contributed by atoms with Gasteiger partial charge in [0, 0.05) is 11.8 Å². The Morgan fingerprint density at radius 2 is 1.01 bits per heavy atom. The third kappa shape index (κ3) is 13.5. The molecule has 0 aromatic rings. The summed E-state index contributed by atoms with van der Waals surface area (Å²) in [6.07, 6.45) is 5.16. The van der Waals surface area contributed by atoms with E-state index in [1.54, 1.807) is 0 Å². The van der Waals surface area contributed by atoms with Crippen molar-refractivity contribution in [3.05, 3.63) is 0 Å². The molecular formula is C54H86F6O12. The van der Waals surface area contributed by atoms with E-state index in [1.165, 1.54) is 27.7 Å². The van der Waals surface area contributed by atoms with Crippen molar-refractivity contribution >= 4 is 17.9 Å². The number of rotatable bonds is 26. The van der Waals surface area contributed by atoms with E-state index in [0.717, 1.165) is 83.5 Å². The summed E-state index contributed by atoms with van der Waals surface area (Å²) in [6, 6.07) is 0. The number of alkyl halides is 6. The zero-order valence-corrected chi connectivity index (χ0v) is 44.0. The quantitative estimate of drug-likeness (QED) is 0.0555. The molecule has 6 rings (SSSR count). The smallest absolute Gasteiger partial charge is 0.377 e. The molecule has 0 saturated heterocycles. The fourth-order valence-corrected chi connectivity index (χ4v) is 15.0. The number of halogens is 6. The third-order valence-electron chi connectivity index (χ3n) is 18.2. The predicted molar refractivity (Wildman–Crippen MR) is 253 cm³/mol. The van der Waals surface area contributed by atoms with Gasteiger partial charge in [-0.05, 0) is 135 Å². The standard InChI is InChI=1S/C54H86F6O12/c1-27(2)45(53(57,58)50(63)64)69-26-68-43-30(6)20-35-14-11-17-38(43)40(35)22-32(8)47(67-25-52(55,56)49(61)62)71-44-31(7)21-36-15-12-18-39(44)41(36)23-33(9)48(72-46(28(3)4)54(59,60)51(65)66)70-42-29(5)19-34-13-10-16-37(42)24-34/h27-48H,10-26H2,1-9H3,(H,61,62)(H,63,64)(H,65,66). The van der Waals surface area contributed by atoms with Gasteiger partial charge in [0.25, 0.3) is 0 Å². The van der Waals surface area contributed by atoms with Crippen LogP contribution in [-0.2, 0) is 42.8 Å². The molecule has 0 aromatic heterocycles. The number of hydrogen-bond donors (Lipinski definition) is 3. The van der Waals surface area contributed by atoms with E-state index in [1.807, 2.05) is 20.8 Å². The number of aliphatic carboxylic acids is 3. The molecule has 6 aliphatic rings. The number of carboxylic acids is 3. The molecule has 18 heteroatoms. The predicted octanol–water partition coefficient (Wildman–Crippen LogP) is 12.1. The minimum atomic E-state index is -4.21. The van der Waals surface area contributed by atoms with Crippen molar-refractivity contribution in [3.63, 3.8) is 0 Å². The van der Waals surface area contributed by atoms with E-state index in [4.69, 9.17) is 28.4 Å². The normalized spacial score (nSPS) is 35.8. The molecule has 3 N–H and O–H groups in total. The maximum absolute atomic E-state index is 15.5. The summed E-state index contributed by atoms with van der Waals surface area (Å²) >= 11 is 0. The molecule has 12 nitrogen and oxygen atoms in total. The first-order valence-electron chi connectivity index (χ1n) is 27.3. The molecule has 0 aromatic carbocycles. The number of carbonyl (C=O) groups is 3. The first kappa shape index (κ1) is 59.0. The zero-order valence-electron chi connectivity index (χ0n) is 44.0. The Hall–Kier alpha value is -2.25. The Morgan fingerprint density at radius 3 is 1.56 bits per heavy atom. The van der Waals surface area contributed by atoms with Gasteiger partial charge in [-0.3, -0.25) is 0 Å². The molecule has 0 radical (unpaired) electrons. The fourth-order valence-electron chi connectivity index (χ4n) is 15.0. The zero-order chi connectivity index (χ0) is 53.2. The van der Waals surface area contributed by atoms with E-state index >= 15 is 8.78 Å². The van der Waals surface area contributed by atoms with Crippen LogP contribution in [0.1, 0.15) is 159 Å². The summed E-state index contributed by atoms with van der Waals surface area (Å²) in [5.41, 5.74) is 0. The van der Waals surface area contributed by atoms with Gasteiger partial charge in [0.05, 0.1) is 18.3 Å². The molecule has 20 atom stereocenters. The topological polar surface area (TPSA) is 167 Å². The van der Waals surface area contributed by atoms with Crippen molar-refractivity contribution in [1.29, 1.82) is 0 Å². The lowest BCUT2D eigenvalue weighted by atomic mass is 9.58. The van der Waals surface area contributed by atoms with Crippen molar-refractivity contribution in [3.8, 4) is 0 Å². The van der Waals surface area contributed by atoms with E-state index in [2.05, 4.69) is 13.8 Å². The highest BCUT2D eigenvalue weighted by molar-refractivity contribution is 5.76. The van der Waals surface area contributed by atoms with Gasteiger partial charge in [0.15, 0.2) is 12.6 Å². The second kappa shape index (κ2) is 24.4. The number of fused-ring (bicyclic) bond motifs is 6. The van der Waals surface area contributed by atoms with Gasteiger partial charge in [-0.2, -0.15) is 26.3 Å². The van der Waals surface area contributed by atoms with E-state index in [-0.39, 0.29) is 65.3 Å². The lowest BCUT2D eigenvalue weighted by molar-refractivity contribution is -0.285. The molecule has 72 heavy (non-hydrogen) atoms. The van der Waals surface area contributed by atoms with E-state index in [9.17, 15) is 47.3 Å². The highest BCUT2D eigenvalue weighted by Gasteiger charge is 2.55. The van der Waals surface area contributed by atoms with Crippen LogP contribution in [0.25, 0.3) is 0 Å². The molecule has 0 amide bonds. The largest absolute Gasteiger partial charge is 0.477 e. The number of carboxylic acid groups (broad SMARTS) is 3. The van der Waals surface area contributed by atoms with Crippen LogP contribution in [-0.4, -0.2) is 107 Å².